The summed E-state index contributed by atoms with van der Waals surface area (Å²) < 4.78 is 5.46. The first-order valence-electron chi connectivity index (χ1n) is 6.83. The molecule has 0 N–H and O–H groups in total. The van der Waals surface area contributed by atoms with Crippen molar-refractivity contribution in [2.45, 2.75) is 27.2 Å². The second kappa shape index (κ2) is 5.33. The lowest BCUT2D eigenvalue weighted by atomic mass is 9.96. The molecule has 1 aliphatic heterocycles. The van der Waals surface area contributed by atoms with Crippen molar-refractivity contribution in [3.05, 3.63) is 29.3 Å². The first-order chi connectivity index (χ1) is 8.85. The van der Waals surface area contributed by atoms with Crippen LogP contribution >= 0.6 is 0 Å². The minimum atomic E-state index is 0.182. The molecule has 1 heterocycles. The van der Waals surface area contributed by atoms with Gasteiger partial charge >= 0.3 is 0 Å². The summed E-state index contributed by atoms with van der Waals surface area (Å²) in [6, 6.07) is 5.77. The monoisotopic (exact) mass is 261 g/mol. The molecule has 0 saturated carbocycles. The van der Waals surface area contributed by atoms with Crippen LogP contribution in [-0.2, 0) is 6.42 Å². The fourth-order valence-electron chi connectivity index (χ4n) is 2.56. The largest absolute Gasteiger partial charge is 0.493 e. The second-order valence-electron chi connectivity index (χ2n) is 6.58. The molecule has 0 fully saturated rings. The molecule has 3 heteroatoms. The van der Waals surface area contributed by atoms with E-state index in [9.17, 15) is 4.79 Å². The number of benzene rings is 1. The summed E-state index contributed by atoms with van der Waals surface area (Å²) in [5.41, 5.74) is 2.16. The van der Waals surface area contributed by atoms with Gasteiger partial charge < -0.3 is 4.74 Å². The molecule has 0 radical (unpaired) electrons. The highest BCUT2D eigenvalue weighted by Gasteiger charge is 2.18. The van der Waals surface area contributed by atoms with Crippen molar-refractivity contribution >= 4 is 5.78 Å². The van der Waals surface area contributed by atoms with Gasteiger partial charge in [-0.15, -0.1) is 0 Å². The van der Waals surface area contributed by atoms with E-state index in [2.05, 4.69) is 25.7 Å². The van der Waals surface area contributed by atoms with Crippen molar-refractivity contribution in [3.63, 3.8) is 0 Å². The minimum Gasteiger partial charge on any atom is -0.493 e. The summed E-state index contributed by atoms with van der Waals surface area (Å²) in [5.74, 6) is 1.11. The van der Waals surface area contributed by atoms with E-state index >= 15 is 0 Å². The van der Waals surface area contributed by atoms with E-state index in [1.165, 1.54) is 0 Å². The number of Topliss-reactive ketones (excluding diaryl/α,β-unsaturated/α-hetero) is 1. The maximum absolute atomic E-state index is 12.3. The average molecular weight is 261 g/mol. The van der Waals surface area contributed by atoms with Gasteiger partial charge in [0.25, 0.3) is 0 Å². The predicted molar refractivity (Wildman–Crippen MR) is 76.9 cm³/mol. The number of hydrogen-bond acceptors (Lipinski definition) is 3. The Morgan fingerprint density at radius 2 is 2.11 bits per heavy atom. The van der Waals surface area contributed by atoms with Crippen LogP contribution in [0.15, 0.2) is 18.2 Å². The first-order valence-corrected chi connectivity index (χ1v) is 6.83. The third-order valence-corrected chi connectivity index (χ3v) is 3.17. The summed E-state index contributed by atoms with van der Waals surface area (Å²) in [4.78, 5) is 14.3. The van der Waals surface area contributed by atoms with E-state index in [1.54, 1.807) is 0 Å². The average Bonchev–Trinajstić information content (AvgIpc) is 2.72. The smallest absolute Gasteiger partial charge is 0.176 e. The van der Waals surface area contributed by atoms with E-state index in [0.29, 0.717) is 6.54 Å². The molecule has 0 atom stereocenters. The van der Waals surface area contributed by atoms with Crippen LogP contribution in [-0.4, -0.2) is 37.4 Å². The molecule has 19 heavy (non-hydrogen) atoms. The molecule has 0 amide bonds. The molecule has 0 unspecified atom stereocenters. The zero-order valence-corrected chi connectivity index (χ0v) is 12.3. The Hall–Kier alpha value is -1.35. The zero-order chi connectivity index (χ0) is 14.0. The molecule has 0 bridgehead atoms. The lowest BCUT2D eigenvalue weighted by molar-refractivity contribution is 0.0927. The van der Waals surface area contributed by atoms with Gasteiger partial charge in [-0.3, -0.25) is 9.69 Å². The summed E-state index contributed by atoms with van der Waals surface area (Å²) >= 11 is 0. The third-order valence-electron chi connectivity index (χ3n) is 3.17. The molecule has 104 valence electrons. The van der Waals surface area contributed by atoms with Gasteiger partial charge in [-0.25, -0.2) is 0 Å². The number of hydrogen-bond donors (Lipinski definition) is 0. The molecule has 2 rings (SSSR count). The highest BCUT2D eigenvalue weighted by Crippen LogP contribution is 2.26. The van der Waals surface area contributed by atoms with Crippen LogP contribution < -0.4 is 4.74 Å². The number of nitrogens with zero attached hydrogens (tertiary/aromatic N) is 1. The van der Waals surface area contributed by atoms with Crippen molar-refractivity contribution in [3.8, 4) is 5.75 Å². The van der Waals surface area contributed by atoms with Crippen molar-refractivity contribution in [1.29, 1.82) is 0 Å². The minimum absolute atomic E-state index is 0.182. The quantitative estimate of drug-likeness (QED) is 0.781. The molecule has 0 spiro atoms. The Labute approximate surface area is 115 Å². The predicted octanol–water partition coefficient (Wildman–Crippen LogP) is 2.78. The molecule has 0 aliphatic carbocycles. The summed E-state index contributed by atoms with van der Waals surface area (Å²) in [6.07, 6.45) is 0.911. The van der Waals surface area contributed by atoms with Gasteiger partial charge in [-0.1, -0.05) is 20.8 Å². The zero-order valence-electron chi connectivity index (χ0n) is 12.3. The van der Waals surface area contributed by atoms with E-state index < -0.39 is 0 Å². The van der Waals surface area contributed by atoms with E-state index in [-0.39, 0.29) is 11.2 Å². The van der Waals surface area contributed by atoms with Crippen LogP contribution in [0.5, 0.6) is 5.75 Å². The van der Waals surface area contributed by atoms with Crippen LogP contribution in [0.1, 0.15) is 36.7 Å². The summed E-state index contributed by atoms with van der Waals surface area (Å²) in [7, 11) is 2.00. The van der Waals surface area contributed by atoms with Gasteiger partial charge in [0.05, 0.1) is 13.2 Å². The Morgan fingerprint density at radius 3 is 2.79 bits per heavy atom. The number of likely N-dealkylation sites (N-methyl/N-ethyl adjacent to an activating group) is 1. The lowest BCUT2D eigenvalue weighted by Gasteiger charge is -2.25. The Balaban J connectivity index is 2.00. The number of ketones is 1. The fourth-order valence-corrected chi connectivity index (χ4v) is 2.56. The molecule has 1 aromatic rings. The van der Waals surface area contributed by atoms with Gasteiger partial charge in [0.1, 0.15) is 5.75 Å². The Morgan fingerprint density at radius 1 is 1.37 bits per heavy atom. The SMILES string of the molecule is CN(CC(=O)c1ccc2c(c1)CCO2)CC(C)(C)C. The first kappa shape index (κ1) is 14.1. The van der Waals surface area contributed by atoms with Crippen LogP contribution in [0, 0.1) is 5.41 Å². The number of carbonyl (C=O) groups is 1. The van der Waals surface area contributed by atoms with E-state index in [0.717, 1.165) is 36.4 Å². The van der Waals surface area contributed by atoms with Gasteiger partial charge in [0.2, 0.25) is 0 Å². The topological polar surface area (TPSA) is 29.5 Å². The van der Waals surface area contributed by atoms with Gasteiger partial charge in [-0.2, -0.15) is 0 Å². The number of carbonyl (C=O) groups excluding carboxylic acids is 1. The molecule has 0 saturated heterocycles. The van der Waals surface area contributed by atoms with Crippen LogP contribution in [0.25, 0.3) is 0 Å². The Bertz CT molecular complexity index is 474. The van der Waals surface area contributed by atoms with E-state index in [1.807, 2.05) is 25.2 Å². The van der Waals surface area contributed by atoms with Crippen LogP contribution in [0.4, 0.5) is 0 Å². The van der Waals surface area contributed by atoms with Crippen LogP contribution in [0.2, 0.25) is 0 Å². The lowest BCUT2D eigenvalue weighted by Crippen LogP contribution is -2.33. The van der Waals surface area contributed by atoms with Crippen molar-refractivity contribution in [2.24, 2.45) is 5.41 Å². The summed E-state index contributed by atoms with van der Waals surface area (Å²) in [5, 5.41) is 0. The number of rotatable bonds is 4. The van der Waals surface area contributed by atoms with Crippen LogP contribution in [0.3, 0.4) is 0 Å². The Kier molecular flexibility index (Phi) is 3.95. The highest BCUT2D eigenvalue weighted by molar-refractivity contribution is 5.98. The second-order valence-corrected chi connectivity index (χ2v) is 6.58. The molecule has 1 aromatic carbocycles. The van der Waals surface area contributed by atoms with Crippen molar-refractivity contribution in [2.75, 3.05) is 26.7 Å². The molecular formula is C16H23NO2. The molecule has 1 aliphatic rings. The molecular weight excluding hydrogens is 238 g/mol. The van der Waals surface area contributed by atoms with Gasteiger partial charge in [-0.05, 0) is 36.2 Å². The summed E-state index contributed by atoms with van der Waals surface area (Å²) in [6.45, 7) is 8.66. The van der Waals surface area contributed by atoms with Gasteiger partial charge in [0.15, 0.2) is 5.78 Å². The third kappa shape index (κ3) is 3.80. The van der Waals surface area contributed by atoms with Crippen molar-refractivity contribution in [1.82, 2.24) is 4.90 Å². The standard InChI is InChI=1S/C16H23NO2/c1-16(2,3)11-17(4)10-14(18)12-5-6-15-13(9-12)7-8-19-15/h5-6,9H,7-8,10-11H2,1-4H3. The number of ether oxygens (including phenoxy) is 1. The highest BCUT2D eigenvalue weighted by atomic mass is 16.5. The molecule has 0 aromatic heterocycles. The van der Waals surface area contributed by atoms with Gasteiger partial charge in [0, 0.05) is 18.5 Å². The maximum Gasteiger partial charge on any atom is 0.176 e. The van der Waals surface area contributed by atoms with E-state index in [4.69, 9.17) is 4.74 Å². The van der Waals surface area contributed by atoms with Crippen molar-refractivity contribution < 1.29 is 9.53 Å². The fraction of sp³-hybridized carbons (Fsp3) is 0.562. The normalized spacial score (nSPS) is 14.4. The molecule has 3 nitrogen and oxygen atoms in total. The maximum atomic E-state index is 12.3. The number of fused-ring (bicyclic) bond motifs is 1.